The highest BCUT2D eigenvalue weighted by atomic mass is 16.5. The van der Waals surface area contributed by atoms with Gasteiger partial charge in [-0.25, -0.2) is 4.98 Å². The number of nitrogens with zero attached hydrogens (tertiary/aromatic N) is 2. The van der Waals surface area contributed by atoms with E-state index in [1.165, 1.54) is 0 Å². The summed E-state index contributed by atoms with van der Waals surface area (Å²) in [6.07, 6.45) is 8.21. The summed E-state index contributed by atoms with van der Waals surface area (Å²) in [6.45, 7) is 0.636. The van der Waals surface area contributed by atoms with Gasteiger partial charge in [0.15, 0.2) is 5.96 Å². The second-order valence-corrected chi connectivity index (χ2v) is 4.38. The van der Waals surface area contributed by atoms with Gasteiger partial charge in [-0.2, -0.15) is 0 Å². The van der Waals surface area contributed by atoms with Crippen molar-refractivity contribution in [2.24, 2.45) is 4.99 Å². The lowest BCUT2D eigenvalue weighted by molar-refractivity contribution is 0.392. The molecule has 0 bridgehead atoms. The molecule has 0 amide bonds. The van der Waals surface area contributed by atoms with Crippen molar-refractivity contribution < 1.29 is 4.74 Å². The minimum absolute atomic E-state index is 0.446. The van der Waals surface area contributed by atoms with Crippen LogP contribution in [-0.4, -0.2) is 31.1 Å². The normalized spacial score (nSPS) is 15.6. The fraction of sp³-hybridized carbons (Fsp3) is 0.429. The van der Waals surface area contributed by atoms with Gasteiger partial charge in [0.1, 0.15) is 0 Å². The SMILES string of the molecule is CN=C(NCc1cccnc1OC)NC1CC=CC1. The first-order valence-corrected chi connectivity index (χ1v) is 6.43. The summed E-state index contributed by atoms with van der Waals surface area (Å²) in [6, 6.07) is 4.34. The Hall–Kier alpha value is -2.04. The molecule has 19 heavy (non-hydrogen) atoms. The Balaban J connectivity index is 1.89. The van der Waals surface area contributed by atoms with Crippen LogP contribution >= 0.6 is 0 Å². The number of hydrogen-bond donors (Lipinski definition) is 2. The van der Waals surface area contributed by atoms with E-state index in [4.69, 9.17) is 4.74 Å². The van der Waals surface area contributed by atoms with Crippen LogP contribution in [0.4, 0.5) is 0 Å². The molecular weight excluding hydrogens is 240 g/mol. The van der Waals surface area contributed by atoms with Crippen LogP contribution in [0, 0.1) is 0 Å². The zero-order valence-corrected chi connectivity index (χ0v) is 11.4. The molecule has 1 heterocycles. The van der Waals surface area contributed by atoms with Gasteiger partial charge in [0.25, 0.3) is 0 Å². The lowest BCUT2D eigenvalue weighted by Crippen LogP contribution is -2.42. The number of rotatable bonds is 4. The maximum Gasteiger partial charge on any atom is 0.218 e. The van der Waals surface area contributed by atoms with E-state index in [1.54, 1.807) is 20.4 Å². The Labute approximate surface area is 113 Å². The van der Waals surface area contributed by atoms with Gasteiger partial charge < -0.3 is 15.4 Å². The molecule has 5 heteroatoms. The van der Waals surface area contributed by atoms with E-state index in [1.807, 2.05) is 12.1 Å². The van der Waals surface area contributed by atoms with Gasteiger partial charge >= 0.3 is 0 Å². The molecule has 5 nitrogen and oxygen atoms in total. The molecule has 0 atom stereocenters. The highest BCUT2D eigenvalue weighted by Gasteiger charge is 2.12. The smallest absolute Gasteiger partial charge is 0.218 e. The summed E-state index contributed by atoms with van der Waals surface area (Å²) in [7, 11) is 3.40. The fourth-order valence-electron chi connectivity index (χ4n) is 2.04. The van der Waals surface area contributed by atoms with E-state index < -0.39 is 0 Å². The molecule has 0 aliphatic heterocycles. The van der Waals surface area contributed by atoms with Crippen LogP contribution in [0.25, 0.3) is 0 Å². The van der Waals surface area contributed by atoms with E-state index in [-0.39, 0.29) is 0 Å². The van der Waals surface area contributed by atoms with E-state index >= 15 is 0 Å². The average molecular weight is 260 g/mol. The first-order chi connectivity index (χ1) is 9.33. The topological polar surface area (TPSA) is 58.5 Å². The minimum Gasteiger partial charge on any atom is -0.481 e. The summed E-state index contributed by atoms with van der Waals surface area (Å²) in [4.78, 5) is 8.40. The summed E-state index contributed by atoms with van der Waals surface area (Å²) >= 11 is 0. The minimum atomic E-state index is 0.446. The lowest BCUT2D eigenvalue weighted by atomic mass is 10.2. The Kier molecular flexibility index (Phi) is 4.78. The number of pyridine rings is 1. The van der Waals surface area contributed by atoms with Gasteiger partial charge in [-0.15, -0.1) is 0 Å². The van der Waals surface area contributed by atoms with Crippen molar-refractivity contribution in [1.82, 2.24) is 15.6 Å². The van der Waals surface area contributed by atoms with Crippen molar-refractivity contribution in [3.05, 3.63) is 36.0 Å². The second-order valence-electron chi connectivity index (χ2n) is 4.38. The molecule has 0 unspecified atom stereocenters. The fourth-order valence-corrected chi connectivity index (χ4v) is 2.04. The van der Waals surface area contributed by atoms with Gasteiger partial charge in [-0.3, -0.25) is 4.99 Å². The predicted molar refractivity (Wildman–Crippen MR) is 76.3 cm³/mol. The maximum absolute atomic E-state index is 5.22. The molecule has 0 spiro atoms. The lowest BCUT2D eigenvalue weighted by Gasteiger charge is -2.17. The number of guanidine groups is 1. The van der Waals surface area contributed by atoms with Crippen LogP contribution in [0.1, 0.15) is 18.4 Å². The van der Waals surface area contributed by atoms with Crippen molar-refractivity contribution in [3.8, 4) is 5.88 Å². The standard InChI is InChI=1S/C14H20N4O/c1-15-14(18-12-7-3-4-8-12)17-10-11-6-5-9-16-13(11)19-2/h3-6,9,12H,7-8,10H2,1-2H3,(H2,15,17,18). The Bertz CT molecular complexity index is 462. The number of nitrogens with one attached hydrogen (secondary N) is 2. The highest BCUT2D eigenvalue weighted by Crippen LogP contribution is 2.13. The third-order valence-corrected chi connectivity index (χ3v) is 3.06. The average Bonchev–Trinajstić information content (AvgIpc) is 2.96. The van der Waals surface area contributed by atoms with Crippen LogP contribution in [0.3, 0.4) is 0 Å². The van der Waals surface area contributed by atoms with Crippen LogP contribution in [0.5, 0.6) is 5.88 Å². The third kappa shape index (κ3) is 3.71. The zero-order valence-electron chi connectivity index (χ0n) is 11.4. The van der Waals surface area contributed by atoms with Gasteiger partial charge in [0, 0.05) is 31.4 Å². The molecule has 0 radical (unpaired) electrons. The highest BCUT2D eigenvalue weighted by molar-refractivity contribution is 5.80. The van der Waals surface area contributed by atoms with Crippen molar-refractivity contribution in [3.63, 3.8) is 0 Å². The number of aromatic nitrogens is 1. The summed E-state index contributed by atoms with van der Waals surface area (Å²) in [5.41, 5.74) is 1.01. The molecule has 1 aromatic rings. The molecule has 1 aliphatic carbocycles. The Morgan fingerprint density at radius 1 is 1.47 bits per heavy atom. The summed E-state index contributed by atoms with van der Waals surface area (Å²) in [5, 5.41) is 6.67. The Morgan fingerprint density at radius 2 is 2.26 bits per heavy atom. The van der Waals surface area contributed by atoms with Crippen molar-refractivity contribution in [1.29, 1.82) is 0 Å². The number of hydrogen-bond acceptors (Lipinski definition) is 3. The number of aliphatic imine (C=N–C) groups is 1. The largest absolute Gasteiger partial charge is 0.481 e. The van der Waals surface area contributed by atoms with E-state index in [0.717, 1.165) is 24.4 Å². The molecule has 102 valence electrons. The first kappa shape index (κ1) is 13.4. The molecule has 0 aromatic carbocycles. The molecule has 1 aromatic heterocycles. The van der Waals surface area contributed by atoms with E-state index in [2.05, 4.69) is 32.8 Å². The second kappa shape index (κ2) is 6.78. The van der Waals surface area contributed by atoms with Crippen molar-refractivity contribution >= 4 is 5.96 Å². The van der Waals surface area contributed by atoms with E-state index in [0.29, 0.717) is 18.5 Å². The van der Waals surface area contributed by atoms with Gasteiger partial charge in [0.05, 0.1) is 7.11 Å². The molecule has 0 fully saturated rings. The number of ether oxygens (including phenoxy) is 1. The zero-order chi connectivity index (χ0) is 13.5. The van der Waals surface area contributed by atoms with Gasteiger partial charge in [0.2, 0.25) is 5.88 Å². The van der Waals surface area contributed by atoms with E-state index in [9.17, 15) is 0 Å². The van der Waals surface area contributed by atoms with Crippen LogP contribution < -0.4 is 15.4 Å². The predicted octanol–water partition coefficient (Wildman–Crippen LogP) is 1.47. The van der Waals surface area contributed by atoms with Gasteiger partial charge in [-0.05, 0) is 18.9 Å². The molecular formula is C14H20N4O. The molecule has 0 saturated carbocycles. The van der Waals surface area contributed by atoms with Crippen LogP contribution in [-0.2, 0) is 6.54 Å². The first-order valence-electron chi connectivity index (χ1n) is 6.43. The van der Waals surface area contributed by atoms with Crippen LogP contribution in [0.2, 0.25) is 0 Å². The summed E-state index contributed by atoms with van der Waals surface area (Å²) in [5.74, 6) is 1.45. The third-order valence-electron chi connectivity index (χ3n) is 3.06. The van der Waals surface area contributed by atoms with Crippen LogP contribution in [0.15, 0.2) is 35.5 Å². The molecule has 2 rings (SSSR count). The summed E-state index contributed by atoms with van der Waals surface area (Å²) < 4.78 is 5.22. The molecule has 0 saturated heterocycles. The maximum atomic E-state index is 5.22. The molecule has 2 N–H and O–H groups in total. The van der Waals surface area contributed by atoms with Crippen molar-refractivity contribution in [2.45, 2.75) is 25.4 Å². The Morgan fingerprint density at radius 3 is 2.95 bits per heavy atom. The number of methoxy groups -OCH3 is 1. The quantitative estimate of drug-likeness (QED) is 0.489. The van der Waals surface area contributed by atoms with Crippen molar-refractivity contribution in [2.75, 3.05) is 14.2 Å². The molecule has 1 aliphatic rings. The monoisotopic (exact) mass is 260 g/mol. The van der Waals surface area contributed by atoms with Gasteiger partial charge in [-0.1, -0.05) is 18.2 Å².